The fourth-order valence-corrected chi connectivity index (χ4v) is 4.13. The number of nitrogens with one attached hydrogen (secondary N) is 1. The molecular formula is C19H25NO5S. The molecular weight excluding hydrogens is 354 g/mol. The maximum atomic E-state index is 12.7. The molecule has 1 atom stereocenters. The van der Waals surface area contributed by atoms with Gasteiger partial charge in [0.15, 0.2) is 11.5 Å². The number of para-hydroxylation sites is 2. The molecule has 0 aliphatic heterocycles. The fourth-order valence-electron chi connectivity index (χ4n) is 2.60. The van der Waals surface area contributed by atoms with Crippen molar-refractivity contribution < 1.29 is 22.6 Å². The lowest BCUT2D eigenvalue weighted by Crippen LogP contribution is -2.37. The van der Waals surface area contributed by atoms with E-state index in [1.807, 2.05) is 19.1 Å². The molecule has 0 saturated heterocycles. The quantitative estimate of drug-likeness (QED) is 0.763. The topological polar surface area (TPSA) is 73.9 Å². The van der Waals surface area contributed by atoms with Gasteiger partial charge < -0.3 is 14.2 Å². The van der Waals surface area contributed by atoms with Crippen molar-refractivity contribution in [2.24, 2.45) is 0 Å². The number of hydrogen-bond acceptors (Lipinski definition) is 5. The molecule has 142 valence electrons. The van der Waals surface area contributed by atoms with E-state index < -0.39 is 16.1 Å². The van der Waals surface area contributed by atoms with Gasteiger partial charge in [-0.15, -0.1) is 0 Å². The minimum Gasteiger partial charge on any atom is -0.496 e. The third-order valence-corrected chi connectivity index (χ3v) is 5.85. The number of rotatable bonds is 8. The third-order valence-electron chi connectivity index (χ3n) is 4.11. The van der Waals surface area contributed by atoms with E-state index in [4.69, 9.17) is 14.2 Å². The van der Waals surface area contributed by atoms with Crippen LogP contribution in [0.3, 0.4) is 0 Å². The van der Waals surface area contributed by atoms with E-state index in [0.29, 0.717) is 22.8 Å². The molecule has 1 N–H and O–H groups in total. The van der Waals surface area contributed by atoms with Crippen LogP contribution in [-0.2, 0) is 10.0 Å². The Bertz CT molecular complexity index is 864. The molecule has 0 heterocycles. The number of hydrogen-bond donors (Lipinski definition) is 1. The monoisotopic (exact) mass is 379 g/mol. The molecule has 0 aromatic heterocycles. The van der Waals surface area contributed by atoms with Gasteiger partial charge in [-0.25, -0.2) is 13.1 Å². The van der Waals surface area contributed by atoms with Crippen LogP contribution in [0.25, 0.3) is 0 Å². The minimum atomic E-state index is -3.67. The second-order valence-electron chi connectivity index (χ2n) is 6.00. The van der Waals surface area contributed by atoms with Crippen molar-refractivity contribution in [3.8, 4) is 17.2 Å². The number of methoxy groups -OCH3 is 2. The van der Waals surface area contributed by atoms with E-state index in [2.05, 4.69) is 4.72 Å². The predicted molar refractivity (Wildman–Crippen MR) is 101 cm³/mol. The highest BCUT2D eigenvalue weighted by molar-refractivity contribution is 7.89. The lowest BCUT2D eigenvalue weighted by atomic mass is 10.1. The zero-order valence-electron chi connectivity index (χ0n) is 15.7. The Morgan fingerprint density at radius 2 is 1.54 bits per heavy atom. The molecule has 0 amide bonds. The first-order valence-electron chi connectivity index (χ1n) is 8.22. The Hall–Kier alpha value is -2.25. The van der Waals surface area contributed by atoms with E-state index in [1.54, 1.807) is 52.3 Å². The summed E-state index contributed by atoms with van der Waals surface area (Å²) in [4.78, 5) is 0.236. The lowest BCUT2D eigenvalue weighted by molar-refractivity contribution is 0.271. The Kier molecular flexibility index (Phi) is 6.50. The number of benzene rings is 2. The van der Waals surface area contributed by atoms with Gasteiger partial charge in [0, 0.05) is 0 Å². The van der Waals surface area contributed by atoms with Crippen molar-refractivity contribution in [1.29, 1.82) is 0 Å². The highest BCUT2D eigenvalue weighted by Crippen LogP contribution is 2.27. The Balaban J connectivity index is 2.10. The second-order valence-corrected chi connectivity index (χ2v) is 7.68. The normalized spacial score (nSPS) is 12.5. The van der Waals surface area contributed by atoms with Crippen molar-refractivity contribution in [2.75, 3.05) is 20.8 Å². The van der Waals surface area contributed by atoms with Gasteiger partial charge in [0.05, 0.1) is 25.2 Å². The highest BCUT2D eigenvalue weighted by atomic mass is 32.2. The van der Waals surface area contributed by atoms with Gasteiger partial charge in [0.25, 0.3) is 0 Å². The van der Waals surface area contributed by atoms with Crippen LogP contribution in [-0.4, -0.2) is 35.3 Å². The average Bonchev–Trinajstić information content (AvgIpc) is 2.61. The zero-order valence-corrected chi connectivity index (χ0v) is 16.5. The summed E-state index contributed by atoms with van der Waals surface area (Å²) in [5, 5.41) is 0. The van der Waals surface area contributed by atoms with E-state index in [-0.39, 0.29) is 11.5 Å². The summed E-state index contributed by atoms with van der Waals surface area (Å²) in [6.45, 7) is 5.52. The van der Waals surface area contributed by atoms with Crippen LogP contribution in [0.4, 0.5) is 0 Å². The van der Waals surface area contributed by atoms with Crippen molar-refractivity contribution in [3.05, 3.63) is 47.5 Å². The van der Waals surface area contributed by atoms with Gasteiger partial charge in [-0.1, -0.05) is 12.1 Å². The molecule has 0 fully saturated rings. The van der Waals surface area contributed by atoms with Crippen LogP contribution in [0, 0.1) is 13.8 Å². The summed E-state index contributed by atoms with van der Waals surface area (Å²) in [5.74, 6) is 1.83. The van der Waals surface area contributed by atoms with Crippen molar-refractivity contribution in [1.82, 2.24) is 4.72 Å². The highest BCUT2D eigenvalue weighted by Gasteiger charge is 2.22. The largest absolute Gasteiger partial charge is 0.496 e. The van der Waals surface area contributed by atoms with Crippen LogP contribution in [0.1, 0.15) is 18.1 Å². The SMILES string of the molecule is COc1ccccc1OC[C@@H](C)NS(=O)(=O)c1ccc(OC)c(C)c1C. The lowest BCUT2D eigenvalue weighted by Gasteiger charge is -2.18. The molecule has 0 saturated carbocycles. The fraction of sp³-hybridized carbons (Fsp3) is 0.368. The molecule has 6 nitrogen and oxygen atoms in total. The van der Waals surface area contributed by atoms with E-state index >= 15 is 0 Å². The van der Waals surface area contributed by atoms with E-state index in [0.717, 1.165) is 5.56 Å². The van der Waals surface area contributed by atoms with E-state index in [9.17, 15) is 8.42 Å². The standard InChI is InChI=1S/C19H25NO5S/c1-13(12-25-18-9-7-6-8-17(18)24-5)20-26(21,22)19-11-10-16(23-4)14(2)15(19)3/h6-11,13,20H,12H2,1-5H3/t13-/m1/s1. The predicted octanol–water partition coefficient (Wildman–Crippen LogP) is 3.07. The first-order chi connectivity index (χ1) is 12.3. The molecule has 2 aromatic carbocycles. The molecule has 0 radical (unpaired) electrons. The van der Waals surface area contributed by atoms with Crippen LogP contribution in [0.5, 0.6) is 17.2 Å². The summed E-state index contributed by atoms with van der Waals surface area (Å²) in [5.41, 5.74) is 1.46. The Morgan fingerprint density at radius 1 is 0.923 bits per heavy atom. The first kappa shape index (κ1) is 20.1. The van der Waals surface area contributed by atoms with Crippen molar-refractivity contribution in [2.45, 2.75) is 31.7 Å². The number of sulfonamides is 1. The summed E-state index contributed by atoms with van der Waals surface area (Å²) >= 11 is 0. The molecule has 2 aromatic rings. The summed E-state index contributed by atoms with van der Waals surface area (Å²) < 4.78 is 44.2. The van der Waals surface area contributed by atoms with Crippen LogP contribution in [0.2, 0.25) is 0 Å². The van der Waals surface area contributed by atoms with Gasteiger partial charge in [-0.05, 0) is 56.2 Å². The van der Waals surface area contributed by atoms with Crippen LogP contribution >= 0.6 is 0 Å². The Labute approximate surface area is 155 Å². The average molecular weight is 379 g/mol. The first-order valence-corrected chi connectivity index (χ1v) is 9.70. The summed E-state index contributed by atoms with van der Waals surface area (Å²) in [7, 11) is -0.555. The summed E-state index contributed by atoms with van der Waals surface area (Å²) in [6, 6.07) is 10.0. The molecule has 2 rings (SSSR count). The van der Waals surface area contributed by atoms with E-state index in [1.165, 1.54) is 0 Å². The van der Waals surface area contributed by atoms with Crippen molar-refractivity contribution in [3.63, 3.8) is 0 Å². The molecule has 7 heteroatoms. The smallest absolute Gasteiger partial charge is 0.241 e. The van der Waals surface area contributed by atoms with Gasteiger partial charge in [-0.2, -0.15) is 0 Å². The summed E-state index contributed by atoms with van der Waals surface area (Å²) in [6.07, 6.45) is 0. The maximum Gasteiger partial charge on any atom is 0.241 e. The minimum absolute atomic E-state index is 0.174. The Morgan fingerprint density at radius 3 is 2.15 bits per heavy atom. The molecule has 0 bridgehead atoms. The number of ether oxygens (including phenoxy) is 3. The van der Waals surface area contributed by atoms with Gasteiger partial charge in [0.2, 0.25) is 10.0 Å². The molecule has 0 spiro atoms. The van der Waals surface area contributed by atoms with Gasteiger partial charge in [-0.3, -0.25) is 0 Å². The van der Waals surface area contributed by atoms with Gasteiger partial charge in [0.1, 0.15) is 12.4 Å². The molecule has 0 aliphatic carbocycles. The zero-order chi connectivity index (χ0) is 19.3. The molecule has 26 heavy (non-hydrogen) atoms. The van der Waals surface area contributed by atoms with Crippen LogP contribution in [0.15, 0.2) is 41.3 Å². The maximum absolute atomic E-state index is 12.7. The van der Waals surface area contributed by atoms with Crippen LogP contribution < -0.4 is 18.9 Å². The molecule has 0 aliphatic rings. The third kappa shape index (κ3) is 4.47. The second kappa shape index (κ2) is 8.42. The van der Waals surface area contributed by atoms with Crippen molar-refractivity contribution >= 4 is 10.0 Å². The molecule has 0 unspecified atom stereocenters. The van der Waals surface area contributed by atoms with Gasteiger partial charge >= 0.3 is 0 Å².